The fourth-order valence-electron chi connectivity index (χ4n) is 2.20. The van der Waals surface area contributed by atoms with Crippen molar-refractivity contribution < 1.29 is 5.11 Å². The Balaban J connectivity index is 3.11. The normalized spacial score (nSPS) is 11.9. The number of hydrogen-bond acceptors (Lipinski definition) is 1. The van der Waals surface area contributed by atoms with Crippen molar-refractivity contribution in [3.8, 4) is 11.8 Å². The average molecular weight is 252 g/mol. The smallest absolute Gasteiger partial charge is 0.0549 e. The summed E-state index contributed by atoms with van der Waals surface area (Å²) in [4.78, 5) is 0. The van der Waals surface area contributed by atoms with Gasteiger partial charge in [-0.1, -0.05) is 64.7 Å². The van der Waals surface area contributed by atoms with Gasteiger partial charge in [-0.3, -0.25) is 0 Å². The highest BCUT2D eigenvalue weighted by Crippen LogP contribution is 2.12. The summed E-state index contributed by atoms with van der Waals surface area (Å²) in [5.74, 6) is 5.87. The first-order valence-electron chi connectivity index (χ1n) is 7.89. The van der Waals surface area contributed by atoms with E-state index in [0.29, 0.717) is 0 Å². The van der Waals surface area contributed by atoms with Gasteiger partial charge in [-0.2, -0.15) is 0 Å². The Bertz CT molecular complexity index is 211. The van der Waals surface area contributed by atoms with Gasteiger partial charge in [0.25, 0.3) is 0 Å². The SMILES string of the molecule is CC#CCCC(O)CCCCCCCCCCC. The molecule has 0 aromatic heterocycles. The molecule has 1 unspecified atom stereocenters. The lowest BCUT2D eigenvalue weighted by Crippen LogP contribution is -2.05. The lowest BCUT2D eigenvalue weighted by Gasteiger charge is -2.08. The molecular formula is C17H32O. The molecule has 0 saturated carbocycles. The Kier molecular flexibility index (Phi) is 14.2. The van der Waals surface area contributed by atoms with E-state index in [1.807, 2.05) is 6.92 Å². The summed E-state index contributed by atoms with van der Waals surface area (Å²) in [5, 5.41) is 9.71. The highest BCUT2D eigenvalue weighted by atomic mass is 16.3. The van der Waals surface area contributed by atoms with Gasteiger partial charge in [0.15, 0.2) is 0 Å². The molecule has 1 atom stereocenters. The molecular weight excluding hydrogens is 220 g/mol. The number of aliphatic hydroxyl groups excluding tert-OH is 1. The lowest BCUT2D eigenvalue weighted by atomic mass is 10.0. The molecule has 0 aliphatic rings. The van der Waals surface area contributed by atoms with Crippen LogP contribution in [0.2, 0.25) is 0 Å². The van der Waals surface area contributed by atoms with Crippen LogP contribution in [0.15, 0.2) is 0 Å². The number of rotatable bonds is 12. The van der Waals surface area contributed by atoms with Gasteiger partial charge in [0, 0.05) is 6.42 Å². The van der Waals surface area contributed by atoms with Crippen molar-refractivity contribution in [1.82, 2.24) is 0 Å². The van der Waals surface area contributed by atoms with E-state index in [1.54, 1.807) is 0 Å². The maximum atomic E-state index is 9.71. The molecule has 18 heavy (non-hydrogen) atoms. The molecule has 0 radical (unpaired) electrons. The highest BCUT2D eigenvalue weighted by Gasteiger charge is 2.02. The summed E-state index contributed by atoms with van der Waals surface area (Å²) < 4.78 is 0. The molecule has 0 rings (SSSR count). The summed E-state index contributed by atoms with van der Waals surface area (Å²) in [6.45, 7) is 4.12. The standard InChI is InChI=1S/C17H32O/c1-3-5-7-8-9-10-11-12-14-16-17(18)15-13-6-4-2/h17-18H,3,5,7-16H2,1-2H3. The fraction of sp³-hybridized carbons (Fsp3) is 0.882. The molecule has 1 nitrogen and oxygen atoms in total. The Labute approximate surface area is 114 Å². The van der Waals surface area contributed by atoms with Gasteiger partial charge < -0.3 is 5.11 Å². The molecule has 0 aliphatic carbocycles. The third-order valence-electron chi connectivity index (χ3n) is 3.42. The molecule has 0 aromatic carbocycles. The zero-order valence-electron chi connectivity index (χ0n) is 12.5. The molecule has 0 spiro atoms. The predicted molar refractivity (Wildman–Crippen MR) is 80.5 cm³/mol. The Hall–Kier alpha value is -0.480. The first kappa shape index (κ1) is 17.5. The number of aliphatic hydroxyl groups is 1. The number of unbranched alkanes of at least 4 members (excludes halogenated alkanes) is 8. The first-order valence-corrected chi connectivity index (χ1v) is 7.89. The van der Waals surface area contributed by atoms with Gasteiger partial charge >= 0.3 is 0 Å². The van der Waals surface area contributed by atoms with Gasteiger partial charge in [0.1, 0.15) is 0 Å². The summed E-state index contributed by atoms with van der Waals surface area (Å²) in [6, 6.07) is 0. The largest absolute Gasteiger partial charge is 0.393 e. The molecule has 0 aliphatic heterocycles. The van der Waals surface area contributed by atoms with Crippen molar-refractivity contribution in [3.63, 3.8) is 0 Å². The molecule has 1 heteroatoms. The zero-order chi connectivity index (χ0) is 13.5. The minimum absolute atomic E-state index is 0.129. The Morgan fingerprint density at radius 3 is 1.94 bits per heavy atom. The Morgan fingerprint density at radius 2 is 1.39 bits per heavy atom. The second kappa shape index (κ2) is 14.6. The summed E-state index contributed by atoms with van der Waals surface area (Å²) in [5.41, 5.74) is 0. The van der Waals surface area contributed by atoms with Gasteiger partial charge in [-0.15, -0.1) is 11.8 Å². The van der Waals surface area contributed by atoms with E-state index in [-0.39, 0.29) is 6.10 Å². The quantitative estimate of drug-likeness (QED) is 0.380. The maximum Gasteiger partial charge on any atom is 0.0549 e. The predicted octanol–water partition coefficient (Wildman–Crippen LogP) is 5.07. The van der Waals surface area contributed by atoms with Crippen LogP contribution in [-0.2, 0) is 0 Å². The highest BCUT2D eigenvalue weighted by molar-refractivity contribution is 4.94. The van der Waals surface area contributed by atoms with Gasteiger partial charge in [0.2, 0.25) is 0 Å². The third kappa shape index (κ3) is 13.6. The van der Waals surface area contributed by atoms with E-state index in [1.165, 1.54) is 57.8 Å². The lowest BCUT2D eigenvalue weighted by molar-refractivity contribution is 0.152. The second-order valence-electron chi connectivity index (χ2n) is 5.24. The molecule has 0 saturated heterocycles. The van der Waals surface area contributed by atoms with Gasteiger partial charge in [0.05, 0.1) is 6.10 Å². The minimum Gasteiger partial charge on any atom is -0.393 e. The van der Waals surface area contributed by atoms with E-state index in [0.717, 1.165) is 19.3 Å². The first-order chi connectivity index (χ1) is 8.81. The molecule has 0 amide bonds. The van der Waals surface area contributed by atoms with Crippen LogP contribution in [0.1, 0.15) is 90.9 Å². The summed E-state index contributed by atoms with van der Waals surface area (Å²) >= 11 is 0. The number of hydrogen-bond donors (Lipinski definition) is 1. The van der Waals surface area contributed by atoms with Gasteiger partial charge in [-0.25, -0.2) is 0 Å². The van der Waals surface area contributed by atoms with Crippen molar-refractivity contribution in [2.75, 3.05) is 0 Å². The minimum atomic E-state index is -0.129. The van der Waals surface area contributed by atoms with Crippen molar-refractivity contribution >= 4 is 0 Å². The molecule has 0 fully saturated rings. The molecule has 106 valence electrons. The van der Waals surface area contributed by atoms with E-state index in [9.17, 15) is 5.11 Å². The molecule has 1 N–H and O–H groups in total. The van der Waals surface area contributed by atoms with E-state index >= 15 is 0 Å². The van der Waals surface area contributed by atoms with Crippen molar-refractivity contribution in [2.45, 2.75) is 97.0 Å². The third-order valence-corrected chi connectivity index (χ3v) is 3.42. The fourth-order valence-corrected chi connectivity index (χ4v) is 2.20. The molecule has 0 heterocycles. The van der Waals surface area contributed by atoms with Crippen LogP contribution in [0.25, 0.3) is 0 Å². The topological polar surface area (TPSA) is 20.2 Å². The summed E-state index contributed by atoms with van der Waals surface area (Å²) in [6.07, 6.45) is 14.6. The zero-order valence-corrected chi connectivity index (χ0v) is 12.5. The summed E-state index contributed by atoms with van der Waals surface area (Å²) in [7, 11) is 0. The monoisotopic (exact) mass is 252 g/mol. The van der Waals surface area contributed by atoms with E-state index in [4.69, 9.17) is 0 Å². The van der Waals surface area contributed by atoms with Crippen molar-refractivity contribution in [3.05, 3.63) is 0 Å². The second-order valence-corrected chi connectivity index (χ2v) is 5.24. The molecule has 0 bridgehead atoms. The van der Waals surface area contributed by atoms with Crippen LogP contribution in [-0.4, -0.2) is 11.2 Å². The van der Waals surface area contributed by atoms with Crippen molar-refractivity contribution in [1.29, 1.82) is 0 Å². The molecule has 0 aromatic rings. The van der Waals surface area contributed by atoms with Crippen LogP contribution in [0, 0.1) is 11.8 Å². The van der Waals surface area contributed by atoms with Crippen LogP contribution < -0.4 is 0 Å². The average Bonchev–Trinajstić information content (AvgIpc) is 2.37. The van der Waals surface area contributed by atoms with Crippen LogP contribution >= 0.6 is 0 Å². The van der Waals surface area contributed by atoms with Gasteiger partial charge in [-0.05, 0) is 19.8 Å². The van der Waals surface area contributed by atoms with E-state index in [2.05, 4.69) is 18.8 Å². The van der Waals surface area contributed by atoms with E-state index < -0.39 is 0 Å². The van der Waals surface area contributed by atoms with Crippen molar-refractivity contribution in [2.24, 2.45) is 0 Å². The van der Waals surface area contributed by atoms with Crippen LogP contribution in [0.4, 0.5) is 0 Å². The Morgan fingerprint density at radius 1 is 0.833 bits per heavy atom. The maximum absolute atomic E-state index is 9.71. The van der Waals surface area contributed by atoms with Crippen LogP contribution in [0.5, 0.6) is 0 Å². The van der Waals surface area contributed by atoms with Crippen LogP contribution in [0.3, 0.4) is 0 Å².